The fraction of sp³-hybridized carbons (Fsp3) is 0.0909. The molecule has 0 amide bonds. The van der Waals surface area contributed by atoms with E-state index in [4.69, 9.17) is 4.74 Å². The number of ketones is 1. The fourth-order valence-electron chi connectivity index (χ4n) is 2.53. The van der Waals surface area contributed by atoms with E-state index in [1.807, 2.05) is 25.1 Å². The molecule has 26 heavy (non-hydrogen) atoms. The highest BCUT2D eigenvalue weighted by Crippen LogP contribution is 2.24. The van der Waals surface area contributed by atoms with Gasteiger partial charge in [0.15, 0.2) is 6.10 Å². The Morgan fingerprint density at radius 1 is 0.808 bits per heavy atom. The van der Waals surface area contributed by atoms with Crippen molar-refractivity contribution in [3.63, 3.8) is 0 Å². The number of Topliss-reactive ketones (excluding diaryl/α,β-unsaturated/α-hetero) is 1. The summed E-state index contributed by atoms with van der Waals surface area (Å²) in [6.07, 6.45) is -1.07. The summed E-state index contributed by atoms with van der Waals surface area (Å²) in [4.78, 5) is 25.4. The van der Waals surface area contributed by atoms with Crippen LogP contribution >= 0.6 is 0 Å². The Bertz CT molecular complexity index is 900. The Morgan fingerprint density at radius 2 is 1.38 bits per heavy atom. The average molecular weight is 348 g/mol. The third kappa shape index (κ3) is 4.03. The molecule has 0 saturated carbocycles. The second kappa shape index (κ2) is 7.74. The molecule has 4 heteroatoms. The summed E-state index contributed by atoms with van der Waals surface area (Å²) in [5.74, 6) is -1.44. The van der Waals surface area contributed by atoms with Gasteiger partial charge in [0.2, 0.25) is 5.78 Å². The summed E-state index contributed by atoms with van der Waals surface area (Å²) in [7, 11) is 0. The zero-order valence-electron chi connectivity index (χ0n) is 14.2. The zero-order chi connectivity index (χ0) is 18.5. The van der Waals surface area contributed by atoms with Crippen molar-refractivity contribution in [1.29, 1.82) is 0 Å². The maximum atomic E-state index is 13.1. The van der Waals surface area contributed by atoms with Crippen LogP contribution in [0.15, 0.2) is 78.9 Å². The smallest absolute Gasteiger partial charge is 0.339 e. The molecule has 3 nitrogen and oxygen atoms in total. The van der Waals surface area contributed by atoms with Crippen LogP contribution in [0.2, 0.25) is 0 Å². The average Bonchev–Trinajstić information content (AvgIpc) is 2.67. The van der Waals surface area contributed by atoms with Gasteiger partial charge in [-0.05, 0) is 31.2 Å². The molecule has 3 aromatic rings. The van der Waals surface area contributed by atoms with Crippen molar-refractivity contribution in [1.82, 2.24) is 0 Å². The van der Waals surface area contributed by atoms with Crippen LogP contribution in [0.4, 0.5) is 4.39 Å². The molecule has 0 aromatic heterocycles. The minimum absolute atomic E-state index is 0.184. The number of ether oxygens (including phenoxy) is 1. The van der Waals surface area contributed by atoms with Gasteiger partial charge in [0.05, 0.1) is 5.56 Å². The lowest BCUT2D eigenvalue weighted by atomic mass is 9.99. The summed E-state index contributed by atoms with van der Waals surface area (Å²) in [5, 5.41) is 0. The van der Waals surface area contributed by atoms with E-state index in [2.05, 4.69) is 0 Å². The topological polar surface area (TPSA) is 43.4 Å². The first-order valence-corrected chi connectivity index (χ1v) is 8.17. The Labute approximate surface area is 151 Å². The Kier molecular flexibility index (Phi) is 5.23. The first-order valence-electron chi connectivity index (χ1n) is 8.17. The molecule has 0 heterocycles. The summed E-state index contributed by atoms with van der Waals surface area (Å²) in [5.41, 5.74) is 2.25. The number of carbonyl (C=O) groups is 2. The number of halogens is 1. The minimum atomic E-state index is -1.07. The van der Waals surface area contributed by atoms with Gasteiger partial charge in [-0.25, -0.2) is 9.18 Å². The molecule has 3 aromatic carbocycles. The van der Waals surface area contributed by atoms with Crippen molar-refractivity contribution in [2.75, 3.05) is 0 Å². The highest BCUT2D eigenvalue weighted by atomic mass is 19.1. The molecule has 0 aliphatic rings. The monoisotopic (exact) mass is 348 g/mol. The Morgan fingerprint density at radius 3 is 2.00 bits per heavy atom. The van der Waals surface area contributed by atoms with Gasteiger partial charge in [-0.1, -0.05) is 60.2 Å². The molecule has 0 aliphatic carbocycles. The zero-order valence-corrected chi connectivity index (χ0v) is 14.2. The number of benzene rings is 3. The van der Waals surface area contributed by atoms with Gasteiger partial charge in [-0.2, -0.15) is 0 Å². The molecule has 0 saturated heterocycles. The Hall–Kier alpha value is -3.27. The van der Waals surface area contributed by atoms with Crippen molar-refractivity contribution < 1.29 is 18.7 Å². The third-order valence-corrected chi connectivity index (χ3v) is 3.98. The van der Waals surface area contributed by atoms with Gasteiger partial charge in [-0.15, -0.1) is 0 Å². The number of rotatable bonds is 5. The summed E-state index contributed by atoms with van der Waals surface area (Å²) in [6, 6.07) is 20.9. The molecule has 0 fully saturated rings. The molecule has 3 rings (SSSR count). The van der Waals surface area contributed by atoms with Crippen molar-refractivity contribution in [3.05, 3.63) is 107 Å². The van der Waals surface area contributed by atoms with E-state index >= 15 is 0 Å². The van der Waals surface area contributed by atoms with E-state index in [-0.39, 0.29) is 11.3 Å². The van der Waals surface area contributed by atoms with Gasteiger partial charge in [0.1, 0.15) is 5.82 Å². The van der Waals surface area contributed by atoms with Crippen molar-refractivity contribution in [2.24, 2.45) is 0 Å². The first-order chi connectivity index (χ1) is 12.5. The standard InChI is InChI=1S/C22H17FO3/c1-15-7-9-16(10-8-15)20(24)21(17-5-3-2-4-6-17)26-22(25)18-11-13-19(23)14-12-18/h2-14,21H,1H3/t21-/m0/s1. The van der Waals surface area contributed by atoms with E-state index in [0.717, 1.165) is 5.56 Å². The van der Waals surface area contributed by atoms with E-state index in [1.165, 1.54) is 24.3 Å². The maximum Gasteiger partial charge on any atom is 0.339 e. The van der Waals surface area contributed by atoms with E-state index < -0.39 is 17.9 Å². The highest BCUT2D eigenvalue weighted by molar-refractivity contribution is 6.02. The van der Waals surface area contributed by atoms with Crippen LogP contribution in [-0.4, -0.2) is 11.8 Å². The molecule has 0 spiro atoms. The van der Waals surface area contributed by atoms with Crippen LogP contribution in [0.3, 0.4) is 0 Å². The van der Waals surface area contributed by atoms with Gasteiger partial charge in [0, 0.05) is 11.1 Å². The van der Waals surface area contributed by atoms with Crippen LogP contribution < -0.4 is 0 Å². The van der Waals surface area contributed by atoms with E-state index in [0.29, 0.717) is 11.1 Å². The second-order valence-corrected chi connectivity index (χ2v) is 5.93. The molecular formula is C22H17FO3. The molecule has 0 bridgehead atoms. The predicted octanol–water partition coefficient (Wildman–Crippen LogP) is 4.92. The van der Waals surface area contributed by atoms with Gasteiger partial charge < -0.3 is 4.74 Å². The maximum absolute atomic E-state index is 13.1. The van der Waals surface area contributed by atoms with E-state index in [1.54, 1.807) is 36.4 Å². The van der Waals surface area contributed by atoms with Crippen LogP contribution in [0.5, 0.6) is 0 Å². The largest absolute Gasteiger partial charge is 0.445 e. The summed E-state index contributed by atoms with van der Waals surface area (Å²) >= 11 is 0. The lowest BCUT2D eigenvalue weighted by molar-refractivity contribution is 0.0280. The van der Waals surface area contributed by atoms with Gasteiger partial charge in [-0.3, -0.25) is 4.79 Å². The number of carbonyl (C=O) groups excluding carboxylic acids is 2. The number of esters is 1. The second-order valence-electron chi connectivity index (χ2n) is 5.93. The number of hydrogen-bond donors (Lipinski definition) is 0. The molecule has 0 unspecified atom stereocenters. The van der Waals surface area contributed by atoms with Crippen LogP contribution in [0.25, 0.3) is 0 Å². The first kappa shape index (κ1) is 17.5. The molecule has 130 valence electrons. The highest BCUT2D eigenvalue weighted by Gasteiger charge is 2.26. The van der Waals surface area contributed by atoms with Crippen molar-refractivity contribution in [2.45, 2.75) is 13.0 Å². The van der Waals surface area contributed by atoms with Crippen LogP contribution in [-0.2, 0) is 4.74 Å². The number of hydrogen-bond acceptors (Lipinski definition) is 3. The molecule has 0 aliphatic heterocycles. The van der Waals surface area contributed by atoms with E-state index in [9.17, 15) is 14.0 Å². The normalized spacial score (nSPS) is 11.6. The summed E-state index contributed by atoms with van der Waals surface area (Å²) < 4.78 is 18.6. The predicted molar refractivity (Wildman–Crippen MR) is 96.5 cm³/mol. The lowest BCUT2D eigenvalue weighted by Gasteiger charge is -2.17. The molecule has 1 atom stereocenters. The van der Waals surface area contributed by atoms with Gasteiger partial charge >= 0.3 is 5.97 Å². The lowest BCUT2D eigenvalue weighted by Crippen LogP contribution is -2.20. The van der Waals surface area contributed by atoms with Crippen LogP contribution in [0, 0.1) is 12.7 Å². The molecule has 0 N–H and O–H groups in total. The Balaban J connectivity index is 1.91. The molecule has 0 radical (unpaired) electrons. The van der Waals surface area contributed by atoms with Crippen molar-refractivity contribution in [3.8, 4) is 0 Å². The quantitative estimate of drug-likeness (QED) is 0.486. The minimum Gasteiger partial charge on any atom is -0.445 e. The third-order valence-electron chi connectivity index (χ3n) is 3.98. The SMILES string of the molecule is Cc1ccc(C(=O)[C@@H](OC(=O)c2ccc(F)cc2)c2ccccc2)cc1. The van der Waals surface area contributed by atoms with Crippen molar-refractivity contribution >= 4 is 11.8 Å². The summed E-state index contributed by atoms with van der Waals surface area (Å²) in [6.45, 7) is 1.93. The number of aryl methyl sites for hydroxylation is 1. The molecular weight excluding hydrogens is 331 g/mol. The fourth-order valence-corrected chi connectivity index (χ4v) is 2.53. The van der Waals surface area contributed by atoms with Crippen LogP contribution in [0.1, 0.15) is 37.9 Å². The van der Waals surface area contributed by atoms with Gasteiger partial charge in [0.25, 0.3) is 0 Å².